The topological polar surface area (TPSA) is 55.8 Å². The standard InChI is InChI=1S/C17H18O4/c1-11(2)21-13-6-4-12(5-7-13)15-9-8-14(20-3)10-16(15)17(18)19/h4-11H,1-3H3,(H,18,19). The molecule has 0 saturated heterocycles. The molecule has 0 amide bonds. The maximum absolute atomic E-state index is 11.4. The highest BCUT2D eigenvalue weighted by molar-refractivity contribution is 5.96. The van der Waals surface area contributed by atoms with Crippen LogP contribution in [0.4, 0.5) is 0 Å². The molecule has 1 N–H and O–H groups in total. The van der Waals surface area contributed by atoms with E-state index in [4.69, 9.17) is 9.47 Å². The number of ether oxygens (including phenoxy) is 2. The molecule has 0 atom stereocenters. The first-order valence-electron chi connectivity index (χ1n) is 6.69. The van der Waals surface area contributed by atoms with Crippen LogP contribution in [0, 0.1) is 0 Å². The Morgan fingerprint density at radius 2 is 1.67 bits per heavy atom. The molecular formula is C17H18O4. The van der Waals surface area contributed by atoms with Gasteiger partial charge in [0.2, 0.25) is 0 Å². The fourth-order valence-corrected chi connectivity index (χ4v) is 2.06. The van der Waals surface area contributed by atoms with Gasteiger partial charge in [0, 0.05) is 0 Å². The molecule has 0 fully saturated rings. The van der Waals surface area contributed by atoms with E-state index >= 15 is 0 Å². The summed E-state index contributed by atoms with van der Waals surface area (Å²) < 4.78 is 10.7. The average molecular weight is 286 g/mol. The molecule has 0 aromatic heterocycles. The van der Waals surface area contributed by atoms with Gasteiger partial charge in [-0.05, 0) is 55.3 Å². The van der Waals surface area contributed by atoms with E-state index in [1.807, 2.05) is 38.1 Å². The Bertz CT molecular complexity index is 630. The molecular weight excluding hydrogens is 268 g/mol. The van der Waals surface area contributed by atoms with E-state index < -0.39 is 5.97 Å². The molecule has 0 unspecified atom stereocenters. The lowest BCUT2D eigenvalue weighted by molar-refractivity contribution is 0.0697. The van der Waals surface area contributed by atoms with Crippen LogP contribution in [0.2, 0.25) is 0 Å². The van der Waals surface area contributed by atoms with Crippen molar-refractivity contribution in [3.8, 4) is 22.6 Å². The second-order valence-electron chi connectivity index (χ2n) is 4.91. The van der Waals surface area contributed by atoms with Crippen LogP contribution in [0.1, 0.15) is 24.2 Å². The maximum Gasteiger partial charge on any atom is 0.336 e. The monoisotopic (exact) mass is 286 g/mol. The van der Waals surface area contributed by atoms with Crippen LogP contribution >= 0.6 is 0 Å². The third-order valence-electron chi connectivity index (χ3n) is 2.99. The minimum Gasteiger partial charge on any atom is -0.497 e. The molecule has 4 heteroatoms. The summed E-state index contributed by atoms with van der Waals surface area (Å²) >= 11 is 0. The molecule has 0 radical (unpaired) electrons. The minimum atomic E-state index is -0.980. The molecule has 0 spiro atoms. The van der Waals surface area contributed by atoms with Gasteiger partial charge in [0.25, 0.3) is 0 Å². The van der Waals surface area contributed by atoms with Crippen molar-refractivity contribution < 1.29 is 19.4 Å². The summed E-state index contributed by atoms with van der Waals surface area (Å²) in [5.41, 5.74) is 1.69. The number of aromatic carboxylic acids is 1. The fraction of sp³-hybridized carbons (Fsp3) is 0.235. The van der Waals surface area contributed by atoms with Crippen LogP contribution in [0.25, 0.3) is 11.1 Å². The summed E-state index contributed by atoms with van der Waals surface area (Å²) in [5, 5.41) is 9.34. The lowest BCUT2D eigenvalue weighted by Crippen LogP contribution is -2.05. The zero-order chi connectivity index (χ0) is 15.4. The summed E-state index contributed by atoms with van der Waals surface area (Å²) in [7, 11) is 1.51. The molecule has 110 valence electrons. The van der Waals surface area contributed by atoms with Crippen LogP contribution in [-0.2, 0) is 0 Å². The van der Waals surface area contributed by atoms with Crippen LogP contribution in [0.5, 0.6) is 11.5 Å². The molecule has 21 heavy (non-hydrogen) atoms. The predicted molar refractivity (Wildman–Crippen MR) is 81.2 cm³/mol. The van der Waals surface area contributed by atoms with Crippen molar-refractivity contribution in [1.82, 2.24) is 0 Å². The second kappa shape index (κ2) is 6.31. The number of carbonyl (C=O) groups is 1. The summed E-state index contributed by atoms with van der Waals surface area (Å²) in [5.74, 6) is 0.307. The van der Waals surface area contributed by atoms with Crippen LogP contribution in [0.3, 0.4) is 0 Å². The van der Waals surface area contributed by atoms with Gasteiger partial charge in [-0.2, -0.15) is 0 Å². The summed E-state index contributed by atoms with van der Waals surface area (Å²) in [6, 6.07) is 12.4. The summed E-state index contributed by atoms with van der Waals surface area (Å²) in [6.07, 6.45) is 0.103. The molecule has 2 aromatic rings. The minimum absolute atomic E-state index is 0.103. The number of carboxylic acids is 1. The summed E-state index contributed by atoms with van der Waals surface area (Å²) in [6.45, 7) is 3.92. The molecule has 2 aromatic carbocycles. The molecule has 0 aliphatic heterocycles. The Morgan fingerprint density at radius 3 is 2.19 bits per heavy atom. The summed E-state index contributed by atoms with van der Waals surface area (Å²) in [4.78, 5) is 11.4. The van der Waals surface area contributed by atoms with Crippen molar-refractivity contribution in [2.75, 3.05) is 7.11 Å². The van der Waals surface area contributed by atoms with Crippen molar-refractivity contribution in [3.05, 3.63) is 48.0 Å². The average Bonchev–Trinajstić information content (AvgIpc) is 2.47. The third kappa shape index (κ3) is 3.54. The zero-order valence-corrected chi connectivity index (χ0v) is 12.3. The SMILES string of the molecule is COc1ccc(-c2ccc(OC(C)C)cc2)c(C(=O)O)c1. The number of benzene rings is 2. The quantitative estimate of drug-likeness (QED) is 0.907. The fourth-order valence-electron chi connectivity index (χ4n) is 2.06. The van der Waals surface area contributed by atoms with E-state index in [1.165, 1.54) is 13.2 Å². The highest BCUT2D eigenvalue weighted by Crippen LogP contribution is 2.29. The maximum atomic E-state index is 11.4. The first kappa shape index (κ1) is 14.9. The van der Waals surface area contributed by atoms with Crippen LogP contribution in [-0.4, -0.2) is 24.3 Å². The molecule has 0 saturated carbocycles. The van der Waals surface area contributed by atoms with E-state index in [0.717, 1.165) is 11.3 Å². The van der Waals surface area contributed by atoms with Gasteiger partial charge in [-0.1, -0.05) is 12.1 Å². The molecule has 0 aliphatic carbocycles. The van der Waals surface area contributed by atoms with Crippen molar-refractivity contribution in [1.29, 1.82) is 0 Å². The van der Waals surface area contributed by atoms with Gasteiger partial charge in [-0.3, -0.25) is 0 Å². The van der Waals surface area contributed by atoms with Crippen molar-refractivity contribution in [2.24, 2.45) is 0 Å². The third-order valence-corrected chi connectivity index (χ3v) is 2.99. The van der Waals surface area contributed by atoms with Gasteiger partial charge < -0.3 is 14.6 Å². The Morgan fingerprint density at radius 1 is 1.05 bits per heavy atom. The van der Waals surface area contributed by atoms with E-state index in [9.17, 15) is 9.90 Å². The van der Waals surface area contributed by atoms with E-state index in [-0.39, 0.29) is 11.7 Å². The second-order valence-corrected chi connectivity index (χ2v) is 4.91. The van der Waals surface area contributed by atoms with E-state index in [1.54, 1.807) is 12.1 Å². The lowest BCUT2D eigenvalue weighted by Gasteiger charge is -2.12. The van der Waals surface area contributed by atoms with Crippen molar-refractivity contribution in [2.45, 2.75) is 20.0 Å². The van der Waals surface area contributed by atoms with Gasteiger partial charge >= 0.3 is 5.97 Å². The largest absolute Gasteiger partial charge is 0.497 e. The Kier molecular flexibility index (Phi) is 4.48. The Balaban J connectivity index is 2.39. The number of carboxylic acid groups (broad SMARTS) is 1. The van der Waals surface area contributed by atoms with Crippen LogP contribution in [0.15, 0.2) is 42.5 Å². The zero-order valence-electron chi connectivity index (χ0n) is 12.3. The highest BCUT2D eigenvalue weighted by atomic mass is 16.5. The number of methoxy groups -OCH3 is 1. The number of hydrogen-bond donors (Lipinski definition) is 1. The van der Waals surface area contributed by atoms with Crippen LogP contribution < -0.4 is 9.47 Å². The number of rotatable bonds is 5. The van der Waals surface area contributed by atoms with Gasteiger partial charge in [-0.25, -0.2) is 4.79 Å². The van der Waals surface area contributed by atoms with E-state index in [2.05, 4.69) is 0 Å². The Hall–Kier alpha value is -2.49. The molecule has 4 nitrogen and oxygen atoms in total. The molecule has 0 bridgehead atoms. The lowest BCUT2D eigenvalue weighted by atomic mass is 9.99. The smallest absolute Gasteiger partial charge is 0.336 e. The van der Waals surface area contributed by atoms with Gasteiger partial charge in [0.1, 0.15) is 11.5 Å². The highest BCUT2D eigenvalue weighted by Gasteiger charge is 2.13. The molecule has 0 heterocycles. The Labute approximate surface area is 123 Å². The number of hydrogen-bond acceptors (Lipinski definition) is 3. The van der Waals surface area contributed by atoms with E-state index in [0.29, 0.717) is 11.3 Å². The van der Waals surface area contributed by atoms with Gasteiger partial charge in [0.05, 0.1) is 18.8 Å². The molecule has 0 aliphatic rings. The van der Waals surface area contributed by atoms with Gasteiger partial charge in [-0.15, -0.1) is 0 Å². The first-order chi connectivity index (χ1) is 10.0. The normalized spacial score (nSPS) is 10.5. The first-order valence-corrected chi connectivity index (χ1v) is 6.69. The predicted octanol–water partition coefficient (Wildman–Crippen LogP) is 3.85. The van der Waals surface area contributed by atoms with Gasteiger partial charge in [0.15, 0.2) is 0 Å². The molecule has 2 rings (SSSR count). The van der Waals surface area contributed by atoms with Crippen molar-refractivity contribution in [3.63, 3.8) is 0 Å². The van der Waals surface area contributed by atoms with Crippen molar-refractivity contribution >= 4 is 5.97 Å².